The van der Waals surface area contributed by atoms with Gasteiger partial charge >= 0.3 is 0 Å². The van der Waals surface area contributed by atoms with Crippen LogP contribution in [0.4, 0.5) is 4.39 Å². The van der Waals surface area contributed by atoms with E-state index in [0.29, 0.717) is 11.6 Å². The molecule has 1 saturated heterocycles. The average Bonchev–Trinajstić information content (AvgIpc) is 2.86. The van der Waals surface area contributed by atoms with E-state index in [4.69, 9.17) is 9.47 Å². The molecular formula is C27H35FN2O2S. The van der Waals surface area contributed by atoms with Gasteiger partial charge in [-0.1, -0.05) is 18.2 Å². The van der Waals surface area contributed by atoms with Crippen molar-refractivity contribution in [1.29, 1.82) is 0 Å². The van der Waals surface area contributed by atoms with Crippen LogP contribution in [-0.4, -0.2) is 54.7 Å². The van der Waals surface area contributed by atoms with Gasteiger partial charge < -0.3 is 19.7 Å². The maximum atomic E-state index is 14.1. The lowest BCUT2D eigenvalue weighted by Crippen LogP contribution is -2.42. The van der Waals surface area contributed by atoms with Gasteiger partial charge in [-0.3, -0.25) is 0 Å². The van der Waals surface area contributed by atoms with Crippen molar-refractivity contribution in [2.45, 2.75) is 56.8 Å². The summed E-state index contributed by atoms with van der Waals surface area (Å²) in [6, 6.07) is 13.6. The Kier molecular flexibility index (Phi) is 7.74. The first-order valence-corrected chi connectivity index (χ1v) is 13.6. The standard InChI is InChI=1S/C27H35FN2O2S/c28-25-4-2-1-3-24(25)27-11-5-20-19-23(10-12-26(20)32-27)31-22-8-6-21(7-9-22)29-13-14-30-15-17-33-18-16-30/h1-4,10,12,19,21-22,27,29H,5-9,11,13-18H2. The van der Waals surface area contributed by atoms with Gasteiger partial charge in [0.1, 0.15) is 23.4 Å². The van der Waals surface area contributed by atoms with Crippen LogP contribution in [0.25, 0.3) is 0 Å². The average molecular weight is 471 g/mol. The van der Waals surface area contributed by atoms with E-state index in [1.807, 2.05) is 24.3 Å². The Balaban J connectivity index is 1.07. The maximum Gasteiger partial charge on any atom is 0.130 e. The van der Waals surface area contributed by atoms with Crippen LogP contribution in [0.2, 0.25) is 0 Å². The van der Waals surface area contributed by atoms with Crippen LogP contribution in [0, 0.1) is 5.82 Å². The van der Waals surface area contributed by atoms with E-state index in [0.717, 1.165) is 49.3 Å². The minimum absolute atomic E-state index is 0.193. The third kappa shape index (κ3) is 6.03. The number of aryl methyl sites for hydroxylation is 1. The Morgan fingerprint density at radius 1 is 1.03 bits per heavy atom. The van der Waals surface area contributed by atoms with Crippen LogP contribution >= 0.6 is 11.8 Å². The van der Waals surface area contributed by atoms with Gasteiger partial charge in [0.15, 0.2) is 0 Å². The molecule has 2 aromatic rings. The summed E-state index contributed by atoms with van der Waals surface area (Å²) in [4.78, 5) is 2.58. The molecule has 33 heavy (non-hydrogen) atoms. The molecule has 1 N–H and O–H groups in total. The number of thioether (sulfide) groups is 1. The molecule has 0 amide bonds. The minimum atomic E-state index is -0.220. The van der Waals surface area contributed by atoms with Crippen molar-refractivity contribution >= 4 is 11.8 Å². The molecule has 3 aliphatic rings. The highest BCUT2D eigenvalue weighted by Crippen LogP contribution is 2.38. The zero-order chi connectivity index (χ0) is 22.5. The molecule has 0 bridgehead atoms. The molecule has 0 aromatic heterocycles. The fourth-order valence-electron chi connectivity index (χ4n) is 5.22. The van der Waals surface area contributed by atoms with E-state index in [1.54, 1.807) is 6.07 Å². The number of ether oxygens (including phenoxy) is 2. The number of fused-ring (bicyclic) bond motifs is 1. The second-order valence-electron chi connectivity index (χ2n) is 9.44. The predicted molar refractivity (Wildman–Crippen MR) is 133 cm³/mol. The van der Waals surface area contributed by atoms with Crippen LogP contribution in [0.3, 0.4) is 0 Å². The number of nitrogens with one attached hydrogen (secondary N) is 1. The summed E-state index contributed by atoms with van der Waals surface area (Å²) in [7, 11) is 0. The van der Waals surface area contributed by atoms with Crippen LogP contribution < -0.4 is 14.8 Å². The summed E-state index contributed by atoms with van der Waals surface area (Å²) in [5, 5.41) is 3.77. The third-order valence-corrected chi connectivity index (χ3v) is 8.11. The van der Waals surface area contributed by atoms with Gasteiger partial charge in [0.25, 0.3) is 0 Å². The fraction of sp³-hybridized carbons (Fsp3) is 0.556. The van der Waals surface area contributed by atoms with Gasteiger partial charge in [-0.05, 0) is 68.4 Å². The lowest BCUT2D eigenvalue weighted by atomic mass is 9.93. The first-order valence-electron chi connectivity index (χ1n) is 12.5. The summed E-state index contributed by atoms with van der Waals surface area (Å²) in [6.07, 6.45) is 6.28. The first-order chi connectivity index (χ1) is 16.2. The van der Waals surface area contributed by atoms with Crippen molar-refractivity contribution in [2.75, 3.05) is 37.7 Å². The molecular weight excluding hydrogens is 435 g/mol. The largest absolute Gasteiger partial charge is 0.490 e. The number of benzene rings is 2. The highest BCUT2D eigenvalue weighted by molar-refractivity contribution is 7.99. The van der Waals surface area contributed by atoms with Crippen molar-refractivity contribution in [3.8, 4) is 11.5 Å². The highest BCUT2D eigenvalue weighted by atomic mass is 32.2. The van der Waals surface area contributed by atoms with Gasteiger partial charge in [-0.15, -0.1) is 0 Å². The summed E-state index contributed by atoms with van der Waals surface area (Å²) < 4.78 is 26.6. The molecule has 0 radical (unpaired) electrons. The van der Waals surface area contributed by atoms with E-state index >= 15 is 0 Å². The second kappa shape index (κ2) is 11.1. The van der Waals surface area contributed by atoms with Gasteiger partial charge in [-0.25, -0.2) is 4.39 Å². The van der Waals surface area contributed by atoms with E-state index in [2.05, 4.69) is 28.0 Å². The molecule has 5 rings (SSSR count). The Morgan fingerprint density at radius 3 is 2.67 bits per heavy atom. The topological polar surface area (TPSA) is 33.7 Å². The number of rotatable bonds is 7. The van der Waals surface area contributed by atoms with Crippen LogP contribution in [0.15, 0.2) is 42.5 Å². The van der Waals surface area contributed by atoms with E-state index in [9.17, 15) is 4.39 Å². The Bertz CT molecular complexity index is 913. The lowest BCUT2D eigenvalue weighted by Gasteiger charge is -2.32. The molecule has 1 aliphatic carbocycles. The predicted octanol–water partition coefficient (Wildman–Crippen LogP) is 5.22. The molecule has 1 unspecified atom stereocenters. The fourth-order valence-corrected chi connectivity index (χ4v) is 6.20. The van der Waals surface area contributed by atoms with Crippen molar-refractivity contribution in [2.24, 2.45) is 0 Å². The zero-order valence-corrected chi connectivity index (χ0v) is 20.1. The van der Waals surface area contributed by atoms with Gasteiger partial charge in [0.2, 0.25) is 0 Å². The monoisotopic (exact) mass is 470 g/mol. The molecule has 2 aromatic carbocycles. The third-order valence-electron chi connectivity index (χ3n) is 7.17. The molecule has 1 atom stereocenters. The summed E-state index contributed by atoms with van der Waals surface area (Å²) in [5.74, 6) is 4.15. The van der Waals surface area contributed by atoms with Crippen LogP contribution in [0.5, 0.6) is 11.5 Å². The molecule has 0 spiro atoms. The minimum Gasteiger partial charge on any atom is -0.490 e. The smallest absolute Gasteiger partial charge is 0.130 e. The zero-order valence-electron chi connectivity index (χ0n) is 19.3. The van der Waals surface area contributed by atoms with Crippen molar-refractivity contribution in [1.82, 2.24) is 10.2 Å². The maximum absolute atomic E-state index is 14.1. The van der Waals surface area contributed by atoms with Gasteiger partial charge in [0, 0.05) is 49.3 Å². The molecule has 2 heterocycles. The number of hydrogen-bond donors (Lipinski definition) is 1. The van der Waals surface area contributed by atoms with E-state index in [1.165, 1.54) is 50.0 Å². The van der Waals surface area contributed by atoms with Gasteiger partial charge in [-0.2, -0.15) is 11.8 Å². The summed E-state index contributed by atoms with van der Waals surface area (Å²) in [6.45, 7) is 4.75. The van der Waals surface area contributed by atoms with Crippen molar-refractivity contribution in [3.63, 3.8) is 0 Å². The normalized spacial score (nSPS) is 25.8. The number of nitrogens with zero attached hydrogens (tertiary/aromatic N) is 1. The first kappa shape index (κ1) is 23.0. The van der Waals surface area contributed by atoms with E-state index < -0.39 is 0 Å². The number of halogens is 1. The second-order valence-corrected chi connectivity index (χ2v) is 10.7. The SMILES string of the molecule is Fc1ccccc1C1CCc2cc(OC3CCC(NCCN4CCSCC4)CC3)ccc2O1. The Hall–Kier alpha value is -1.76. The van der Waals surface area contributed by atoms with Gasteiger partial charge in [0.05, 0.1) is 6.10 Å². The molecule has 178 valence electrons. The highest BCUT2D eigenvalue weighted by Gasteiger charge is 2.26. The summed E-state index contributed by atoms with van der Waals surface area (Å²) in [5.41, 5.74) is 1.80. The number of hydrogen-bond acceptors (Lipinski definition) is 5. The molecule has 4 nitrogen and oxygen atoms in total. The summed E-state index contributed by atoms with van der Waals surface area (Å²) >= 11 is 2.07. The van der Waals surface area contributed by atoms with Crippen LogP contribution in [-0.2, 0) is 6.42 Å². The quantitative estimate of drug-likeness (QED) is 0.600. The Labute approximate surface area is 201 Å². The van der Waals surface area contributed by atoms with Crippen molar-refractivity contribution in [3.05, 3.63) is 59.4 Å². The van der Waals surface area contributed by atoms with Crippen LogP contribution in [0.1, 0.15) is 49.3 Å². The van der Waals surface area contributed by atoms with Crippen molar-refractivity contribution < 1.29 is 13.9 Å². The lowest BCUT2D eigenvalue weighted by molar-refractivity contribution is 0.137. The molecule has 2 fully saturated rings. The molecule has 1 saturated carbocycles. The van der Waals surface area contributed by atoms with E-state index in [-0.39, 0.29) is 18.0 Å². The molecule has 6 heteroatoms. The Morgan fingerprint density at radius 2 is 1.85 bits per heavy atom. The molecule has 2 aliphatic heterocycles.